The molecule has 3 heteroatoms. The predicted molar refractivity (Wildman–Crippen MR) is 51.2 cm³/mol. The molecule has 0 radical (unpaired) electrons. The quantitative estimate of drug-likeness (QED) is 0.380. The van der Waals surface area contributed by atoms with E-state index in [0.29, 0.717) is 0 Å². The Balaban J connectivity index is 0. The smallest absolute Gasteiger partial charge is 0.154 e. The van der Waals surface area contributed by atoms with Gasteiger partial charge in [0.2, 0.25) is 0 Å². The van der Waals surface area contributed by atoms with Crippen molar-refractivity contribution in [1.29, 1.82) is 0 Å². The number of ether oxygens (including phenoxy) is 2. The molecule has 0 bridgehead atoms. The fourth-order valence-corrected chi connectivity index (χ4v) is 0.835. The van der Waals surface area contributed by atoms with Crippen molar-refractivity contribution in [3.8, 4) is 0 Å². The standard InChI is InChI=1S/C10H22O2.Hf/c1-4-6-8-11-10(3)12-9-7-5-2;/h10H,4-9H2,1-3H3;. The van der Waals surface area contributed by atoms with E-state index in [4.69, 9.17) is 9.47 Å². The first-order valence-electron chi connectivity index (χ1n) is 5.04. The first-order valence-corrected chi connectivity index (χ1v) is 5.04. The van der Waals surface area contributed by atoms with Gasteiger partial charge in [-0.2, -0.15) is 0 Å². The molecule has 0 aromatic heterocycles. The van der Waals surface area contributed by atoms with Gasteiger partial charge in [0.15, 0.2) is 6.29 Å². The minimum atomic E-state index is -0.0249. The molecule has 0 aliphatic rings. The van der Waals surface area contributed by atoms with Crippen molar-refractivity contribution in [3.63, 3.8) is 0 Å². The van der Waals surface area contributed by atoms with E-state index in [2.05, 4.69) is 13.8 Å². The predicted octanol–water partition coefficient (Wildman–Crippen LogP) is 2.96. The van der Waals surface area contributed by atoms with E-state index in [9.17, 15) is 0 Å². The molecule has 13 heavy (non-hydrogen) atoms. The second-order valence-corrected chi connectivity index (χ2v) is 3.02. The minimum absolute atomic E-state index is 0. The Morgan fingerprint density at radius 2 is 1.31 bits per heavy atom. The van der Waals surface area contributed by atoms with Crippen molar-refractivity contribution in [3.05, 3.63) is 0 Å². The molecule has 0 saturated heterocycles. The summed E-state index contributed by atoms with van der Waals surface area (Å²) < 4.78 is 10.8. The fraction of sp³-hybridized carbons (Fsp3) is 1.00. The third kappa shape index (κ3) is 12.8. The van der Waals surface area contributed by atoms with Crippen molar-refractivity contribution in [2.75, 3.05) is 13.2 Å². The summed E-state index contributed by atoms with van der Waals surface area (Å²) in [5.74, 6) is 0. The monoisotopic (exact) mass is 354 g/mol. The van der Waals surface area contributed by atoms with Crippen LogP contribution in [0.15, 0.2) is 0 Å². The summed E-state index contributed by atoms with van der Waals surface area (Å²) in [5.41, 5.74) is 0. The van der Waals surface area contributed by atoms with Crippen LogP contribution in [-0.2, 0) is 35.3 Å². The molecule has 0 aromatic carbocycles. The van der Waals surface area contributed by atoms with Crippen LogP contribution in [0.2, 0.25) is 0 Å². The topological polar surface area (TPSA) is 18.5 Å². The van der Waals surface area contributed by atoms with Gasteiger partial charge in [-0.05, 0) is 19.8 Å². The molecule has 0 saturated carbocycles. The van der Waals surface area contributed by atoms with Gasteiger partial charge < -0.3 is 9.47 Å². The molecule has 0 heterocycles. The maximum absolute atomic E-state index is 5.41. The molecule has 0 aromatic rings. The molecule has 0 atom stereocenters. The third-order valence-corrected chi connectivity index (χ3v) is 1.70. The average molecular weight is 353 g/mol. The van der Waals surface area contributed by atoms with E-state index in [0.717, 1.165) is 26.1 Å². The van der Waals surface area contributed by atoms with E-state index in [1.54, 1.807) is 0 Å². The van der Waals surface area contributed by atoms with Crippen molar-refractivity contribution in [2.24, 2.45) is 0 Å². The van der Waals surface area contributed by atoms with Crippen LogP contribution in [0.3, 0.4) is 0 Å². The van der Waals surface area contributed by atoms with Gasteiger partial charge in [0.05, 0.1) is 0 Å². The molecule has 0 aliphatic carbocycles. The van der Waals surface area contributed by atoms with Crippen LogP contribution in [-0.4, -0.2) is 19.5 Å². The van der Waals surface area contributed by atoms with Crippen molar-refractivity contribution in [2.45, 2.75) is 52.7 Å². The molecule has 0 aliphatic heterocycles. The van der Waals surface area contributed by atoms with Gasteiger partial charge in [-0.15, -0.1) is 0 Å². The first kappa shape index (κ1) is 16.2. The zero-order chi connectivity index (χ0) is 9.23. The maximum Gasteiger partial charge on any atom is 0.154 e. The summed E-state index contributed by atoms with van der Waals surface area (Å²) in [6.45, 7) is 7.93. The van der Waals surface area contributed by atoms with Crippen LogP contribution < -0.4 is 0 Å². The van der Waals surface area contributed by atoms with E-state index in [1.807, 2.05) is 6.92 Å². The Kier molecular flexibility index (Phi) is 16.0. The average Bonchev–Trinajstić information content (AvgIpc) is 2.06. The SMILES string of the molecule is CCCCOC(C)OCCCC.[Hf]. The van der Waals surface area contributed by atoms with Gasteiger partial charge in [0, 0.05) is 39.1 Å². The molecule has 0 fully saturated rings. The summed E-state index contributed by atoms with van der Waals surface area (Å²) in [6, 6.07) is 0. The van der Waals surface area contributed by atoms with Crippen LogP contribution in [0, 0.1) is 0 Å². The van der Waals surface area contributed by atoms with Gasteiger partial charge in [-0.1, -0.05) is 26.7 Å². The molecular weight excluding hydrogens is 331 g/mol. The summed E-state index contributed by atoms with van der Waals surface area (Å²) in [7, 11) is 0. The first-order chi connectivity index (χ1) is 5.81. The Morgan fingerprint density at radius 3 is 1.62 bits per heavy atom. The molecule has 0 spiro atoms. The van der Waals surface area contributed by atoms with Crippen LogP contribution in [0.4, 0.5) is 0 Å². The van der Waals surface area contributed by atoms with Crippen molar-refractivity contribution < 1.29 is 35.3 Å². The third-order valence-electron chi connectivity index (χ3n) is 1.70. The maximum atomic E-state index is 5.41. The van der Waals surface area contributed by atoms with E-state index < -0.39 is 0 Å². The molecular formula is C10H22HfO2. The Hall–Kier alpha value is 0.790. The number of rotatable bonds is 8. The number of unbranched alkanes of at least 4 members (excludes halogenated alkanes) is 2. The molecule has 2 nitrogen and oxygen atoms in total. The van der Waals surface area contributed by atoms with Crippen LogP contribution in [0.25, 0.3) is 0 Å². The van der Waals surface area contributed by atoms with Gasteiger partial charge in [-0.25, -0.2) is 0 Å². The van der Waals surface area contributed by atoms with E-state index in [1.165, 1.54) is 12.8 Å². The van der Waals surface area contributed by atoms with E-state index >= 15 is 0 Å². The Morgan fingerprint density at radius 1 is 0.923 bits per heavy atom. The Labute approximate surface area is 101 Å². The molecule has 78 valence electrons. The fourth-order valence-electron chi connectivity index (χ4n) is 0.835. The second-order valence-electron chi connectivity index (χ2n) is 3.02. The second kappa shape index (κ2) is 12.8. The number of hydrogen-bond acceptors (Lipinski definition) is 2. The van der Waals surface area contributed by atoms with Gasteiger partial charge in [0.25, 0.3) is 0 Å². The Bertz CT molecular complexity index is 79.0. The molecule has 0 rings (SSSR count). The van der Waals surface area contributed by atoms with Crippen molar-refractivity contribution >= 4 is 0 Å². The molecule has 0 N–H and O–H groups in total. The zero-order valence-electron chi connectivity index (χ0n) is 9.14. The van der Waals surface area contributed by atoms with Crippen LogP contribution in [0.1, 0.15) is 46.5 Å². The largest absolute Gasteiger partial charge is 0.353 e. The normalized spacial score (nSPS) is 10.2. The van der Waals surface area contributed by atoms with E-state index in [-0.39, 0.29) is 32.1 Å². The molecule has 0 amide bonds. The minimum Gasteiger partial charge on any atom is -0.353 e. The summed E-state index contributed by atoms with van der Waals surface area (Å²) in [4.78, 5) is 0. The van der Waals surface area contributed by atoms with Crippen molar-refractivity contribution in [1.82, 2.24) is 0 Å². The summed E-state index contributed by atoms with van der Waals surface area (Å²) >= 11 is 0. The van der Waals surface area contributed by atoms with Crippen LogP contribution >= 0.6 is 0 Å². The summed E-state index contributed by atoms with van der Waals surface area (Å²) in [5, 5.41) is 0. The van der Waals surface area contributed by atoms with Crippen LogP contribution in [0.5, 0.6) is 0 Å². The molecule has 0 unspecified atom stereocenters. The number of hydrogen-bond donors (Lipinski definition) is 0. The summed E-state index contributed by atoms with van der Waals surface area (Å²) in [6.07, 6.45) is 4.59. The van der Waals surface area contributed by atoms with Gasteiger partial charge in [0.1, 0.15) is 0 Å². The van der Waals surface area contributed by atoms with Gasteiger partial charge >= 0.3 is 0 Å². The van der Waals surface area contributed by atoms with Gasteiger partial charge in [-0.3, -0.25) is 0 Å². The zero-order valence-corrected chi connectivity index (χ0v) is 12.7.